The van der Waals surface area contributed by atoms with Crippen molar-refractivity contribution < 1.29 is 19.1 Å². The number of fused-ring (bicyclic) bond motifs is 1. The molecule has 214 valence electrons. The van der Waals surface area contributed by atoms with Crippen LogP contribution in [0.3, 0.4) is 0 Å². The van der Waals surface area contributed by atoms with Gasteiger partial charge in [-0.2, -0.15) is 5.26 Å². The van der Waals surface area contributed by atoms with Gasteiger partial charge >= 0.3 is 5.97 Å². The largest absolute Gasteiger partial charge is 0.463 e. The number of esters is 1. The molecule has 0 spiro atoms. The van der Waals surface area contributed by atoms with Crippen LogP contribution in [0.2, 0.25) is 0 Å². The van der Waals surface area contributed by atoms with Crippen molar-refractivity contribution in [3.05, 3.63) is 47.5 Å². The van der Waals surface area contributed by atoms with Gasteiger partial charge in [0, 0.05) is 37.9 Å². The van der Waals surface area contributed by atoms with E-state index in [4.69, 9.17) is 26.7 Å². The lowest BCUT2D eigenvalue weighted by molar-refractivity contribution is -0.145. The van der Waals surface area contributed by atoms with Crippen molar-refractivity contribution in [3.63, 3.8) is 0 Å². The molecule has 1 fully saturated rings. The minimum Gasteiger partial charge on any atom is -0.463 e. The molecule has 1 saturated heterocycles. The van der Waals surface area contributed by atoms with E-state index in [1.165, 1.54) is 24.9 Å². The lowest BCUT2D eigenvalue weighted by atomic mass is 10.0. The number of nitriles is 1. The first-order chi connectivity index (χ1) is 19.4. The zero-order chi connectivity index (χ0) is 28.7. The number of hydrogen-bond donors (Lipinski definition) is 4. The minimum atomic E-state index is -0.479. The van der Waals surface area contributed by atoms with Gasteiger partial charge in [-0.15, -0.1) is 0 Å². The molecule has 11 heteroatoms. The number of ether oxygens (including phenoxy) is 2. The highest BCUT2D eigenvalue weighted by Crippen LogP contribution is 2.26. The molecule has 1 amide bonds. The maximum absolute atomic E-state index is 12.5. The van der Waals surface area contributed by atoms with Crippen molar-refractivity contribution in [2.24, 2.45) is 22.2 Å². The van der Waals surface area contributed by atoms with Crippen LogP contribution in [0.25, 0.3) is 16.8 Å². The first kappa shape index (κ1) is 30.4. The van der Waals surface area contributed by atoms with Crippen LogP contribution in [-0.2, 0) is 19.1 Å². The standard InChI is InChI=1S/C29H39N7O4/c30-20-24(17-21-4-5-23-18-26(7-6-22(23)16-21)36-11-2-1-3-12-36)28(38)34-10-13-39-14-15-40-27(37)19-25(31)8-9-35-29(32)33/h4-7,16-18,25H,1-3,8-15,19,31H2,(H,34,38)(H4,32,33,35)/b24-17+/t25-/m0/s1. The van der Waals surface area contributed by atoms with Gasteiger partial charge in [0.2, 0.25) is 0 Å². The fraction of sp³-hybridized carbons (Fsp3) is 0.448. The Bertz CT molecular complexity index is 1240. The zero-order valence-corrected chi connectivity index (χ0v) is 22.8. The molecule has 7 N–H and O–H groups in total. The molecule has 2 aromatic carbocycles. The van der Waals surface area contributed by atoms with Gasteiger partial charge in [0.15, 0.2) is 5.96 Å². The summed E-state index contributed by atoms with van der Waals surface area (Å²) in [6.45, 7) is 3.17. The summed E-state index contributed by atoms with van der Waals surface area (Å²) < 4.78 is 10.5. The van der Waals surface area contributed by atoms with Crippen LogP contribution in [-0.4, -0.2) is 69.9 Å². The van der Waals surface area contributed by atoms with E-state index in [1.807, 2.05) is 24.3 Å². The van der Waals surface area contributed by atoms with Crippen molar-refractivity contribution in [1.82, 2.24) is 5.32 Å². The SMILES string of the molecule is N#C/C(=C\c1ccc2cc(N3CCCCC3)ccc2c1)C(=O)NCCOCCOC(=O)C[C@@H](N)CCN=C(N)N. The van der Waals surface area contributed by atoms with Crippen LogP contribution in [0.5, 0.6) is 0 Å². The smallest absolute Gasteiger partial charge is 0.307 e. The van der Waals surface area contributed by atoms with Crippen LogP contribution in [0, 0.1) is 11.3 Å². The first-order valence-corrected chi connectivity index (χ1v) is 13.6. The van der Waals surface area contributed by atoms with E-state index in [1.54, 1.807) is 6.08 Å². The molecule has 40 heavy (non-hydrogen) atoms. The topological polar surface area (TPSA) is 182 Å². The molecular weight excluding hydrogens is 510 g/mol. The Hall–Kier alpha value is -4.14. The van der Waals surface area contributed by atoms with E-state index in [-0.39, 0.29) is 44.3 Å². The molecule has 0 aromatic heterocycles. The van der Waals surface area contributed by atoms with Gasteiger partial charge in [-0.1, -0.05) is 18.2 Å². The van der Waals surface area contributed by atoms with Crippen LogP contribution >= 0.6 is 0 Å². The number of anilines is 1. The van der Waals surface area contributed by atoms with E-state index >= 15 is 0 Å². The molecule has 1 atom stereocenters. The Kier molecular flexibility index (Phi) is 12.2. The summed E-state index contributed by atoms with van der Waals surface area (Å²) in [5.41, 5.74) is 18.4. The van der Waals surface area contributed by atoms with Crippen molar-refractivity contribution in [3.8, 4) is 6.07 Å². The monoisotopic (exact) mass is 549 g/mol. The number of nitrogens with two attached hydrogens (primary N) is 3. The second kappa shape index (κ2) is 16.1. The van der Waals surface area contributed by atoms with Crippen molar-refractivity contribution >= 4 is 40.4 Å². The van der Waals surface area contributed by atoms with E-state index in [9.17, 15) is 14.9 Å². The molecule has 0 bridgehead atoms. The lowest BCUT2D eigenvalue weighted by Gasteiger charge is -2.29. The summed E-state index contributed by atoms with van der Waals surface area (Å²) in [6.07, 6.45) is 5.83. The number of nitrogens with one attached hydrogen (secondary N) is 1. The average Bonchev–Trinajstić information content (AvgIpc) is 2.95. The number of benzene rings is 2. The fourth-order valence-corrected chi connectivity index (χ4v) is 4.39. The van der Waals surface area contributed by atoms with Gasteiger partial charge in [-0.25, -0.2) is 0 Å². The Labute approximate surface area is 235 Å². The molecule has 1 aliphatic rings. The highest BCUT2D eigenvalue weighted by Gasteiger charge is 2.13. The van der Waals surface area contributed by atoms with Crippen molar-refractivity contribution in [1.29, 1.82) is 5.26 Å². The lowest BCUT2D eigenvalue weighted by Crippen LogP contribution is -2.29. The molecule has 11 nitrogen and oxygen atoms in total. The number of piperidine rings is 1. The molecule has 3 rings (SSSR count). The Morgan fingerprint density at radius 2 is 1.82 bits per heavy atom. The second-order valence-corrected chi connectivity index (χ2v) is 9.66. The van der Waals surface area contributed by atoms with E-state index in [0.29, 0.717) is 13.0 Å². The molecular formula is C29H39N7O4. The highest BCUT2D eigenvalue weighted by molar-refractivity contribution is 6.02. The van der Waals surface area contributed by atoms with E-state index in [0.717, 1.165) is 29.4 Å². The summed E-state index contributed by atoms with van der Waals surface area (Å²) in [5, 5.41) is 14.4. The van der Waals surface area contributed by atoms with Crippen LogP contribution in [0.15, 0.2) is 47.0 Å². The molecule has 1 aliphatic heterocycles. The van der Waals surface area contributed by atoms with Gasteiger partial charge in [0.05, 0.1) is 19.6 Å². The Balaban J connectivity index is 1.37. The molecule has 2 aromatic rings. The Morgan fingerprint density at radius 3 is 2.58 bits per heavy atom. The van der Waals surface area contributed by atoms with Gasteiger partial charge in [-0.3, -0.25) is 14.6 Å². The fourth-order valence-electron chi connectivity index (χ4n) is 4.39. The molecule has 0 unspecified atom stereocenters. The number of carbonyl (C=O) groups excluding carboxylic acids is 2. The summed E-state index contributed by atoms with van der Waals surface area (Å²) in [7, 11) is 0. The first-order valence-electron chi connectivity index (χ1n) is 13.6. The quantitative estimate of drug-likeness (QED) is 0.0681. The van der Waals surface area contributed by atoms with Crippen LogP contribution in [0.1, 0.15) is 37.7 Å². The number of rotatable bonds is 14. The number of guanidine groups is 1. The summed E-state index contributed by atoms with van der Waals surface area (Å²) in [5.74, 6) is -0.934. The number of nitrogens with zero attached hydrogens (tertiary/aromatic N) is 3. The van der Waals surface area contributed by atoms with Crippen LogP contribution < -0.4 is 27.4 Å². The summed E-state index contributed by atoms with van der Waals surface area (Å²) in [4.78, 5) is 30.5. The maximum Gasteiger partial charge on any atom is 0.307 e. The number of hydrogen-bond acceptors (Lipinski definition) is 8. The molecule has 0 radical (unpaired) electrons. The number of carbonyl (C=O) groups is 2. The third-order valence-corrected chi connectivity index (χ3v) is 6.49. The molecule has 0 saturated carbocycles. The van der Waals surface area contributed by atoms with Crippen LogP contribution in [0.4, 0.5) is 5.69 Å². The van der Waals surface area contributed by atoms with Crippen molar-refractivity contribution in [2.75, 3.05) is 50.9 Å². The third-order valence-electron chi connectivity index (χ3n) is 6.49. The zero-order valence-electron chi connectivity index (χ0n) is 22.8. The predicted octanol–water partition coefficient (Wildman–Crippen LogP) is 1.79. The summed E-state index contributed by atoms with van der Waals surface area (Å²) >= 11 is 0. The van der Waals surface area contributed by atoms with Gasteiger partial charge < -0.3 is 36.9 Å². The normalized spacial score (nSPS) is 14.3. The number of amides is 1. The minimum absolute atomic E-state index is 0.00870. The van der Waals surface area contributed by atoms with Gasteiger partial charge in [-0.05, 0) is 66.3 Å². The van der Waals surface area contributed by atoms with Crippen molar-refractivity contribution in [2.45, 2.75) is 38.1 Å². The van der Waals surface area contributed by atoms with Gasteiger partial charge in [0.1, 0.15) is 18.2 Å². The highest BCUT2D eigenvalue weighted by atomic mass is 16.6. The molecule has 0 aliphatic carbocycles. The summed E-state index contributed by atoms with van der Waals surface area (Å²) in [6, 6.07) is 13.9. The predicted molar refractivity (Wildman–Crippen MR) is 156 cm³/mol. The maximum atomic E-state index is 12.5. The van der Waals surface area contributed by atoms with Gasteiger partial charge in [0.25, 0.3) is 5.91 Å². The second-order valence-electron chi connectivity index (χ2n) is 9.66. The van der Waals surface area contributed by atoms with E-state index < -0.39 is 17.9 Å². The average molecular weight is 550 g/mol. The number of aliphatic imine (C=N–C) groups is 1. The third kappa shape index (κ3) is 10.2. The molecule has 1 heterocycles. The Morgan fingerprint density at radius 1 is 1.07 bits per heavy atom. The van der Waals surface area contributed by atoms with E-state index in [2.05, 4.69) is 33.4 Å².